The van der Waals surface area contributed by atoms with Gasteiger partial charge in [0.05, 0.1) is 0 Å². The highest BCUT2D eigenvalue weighted by Crippen LogP contribution is 2.19. The van der Waals surface area contributed by atoms with Crippen molar-refractivity contribution < 1.29 is 9.18 Å². The van der Waals surface area contributed by atoms with Crippen molar-refractivity contribution in [1.29, 1.82) is 0 Å². The minimum Gasteiger partial charge on any atom is -0.326 e. The summed E-state index contributed by atoms with van der Waals surface area (Å²) in [6.07, 6.45) is 5.11. The predicted molar refractivity (Wildman–Crippen MR) is 74.5 cm³/mol. The summed E-state index contributed by atoms with van der Waals surface area (Å²) in [5, 5.41) is 2.80. The van der Waals surface area contributed by atoms with Crippen LogP contribution in [0.4, 0.5) is 10.1 Å². The Bertz CT molecular complexity index is 419. The van der Waals surface area contributed by atoms with Crippen LogP contribution in [-0.2, 0) is 4.79 Å². The standard InChI is InChI=1S/C15H21FN2O/c1-18-11-3-2-4-14(18)9-10-15(19)17-13-7-5-12(16)6-8-13/h5-8,14H,2-4,9-11H2,1H3,(H,17,19). The molecule has 104 valence electrons. The zero-order chi connectivity index (χ0) is 13.7. The lowest BCUT2D eigenvalue weighted by molar-refractivity contribution is -0.116. The second kappa shape index (κ2) is 6.66. The summed E-state index contributed by atoms with van der Waals surface area (Å²) >= 11 is 0. The molecule has 0 aliphatic carbocycles. The molecule has 1 amide bonds. The van der Waals surface area contributed by atoms with Gasteiger partial charge in [0.15, 0.2) is 0 Å². The normalized spacial score (nSPS) is 20.2. The minimum atomic E-state index is -0.290. The van der Waals surface area contributed by atoms with Crippen molar-refractivity contribution in [3.05, 3.63) is 30.1 Å². The van der Waals surface area contributed by atoms with E-state index in [1.165, 1.54) is 31.4 Å². The van der Waals surface area contributed by atoms with Gasteiger partial charge in [-0.15, -0.1) is 0 Å². The maximum atomic E-state index is 12.7. The molecule has 1 N–H and O–H groups in total. The number of hydrogen-bond donors (Lipinski definition) is 1. The predicted octanol–water partition coefficient (Wildman–Crippen LogP) is 3.03. The molecule has 0 spiro atoms. The summed E-state index contributed by atoms with van der Waals surface area (Å²) in [5.41, 5.74) is 0.656. The Morgan fingerprint density at radius 3 is 2.79 bits per heavy atom. The molecule has 0 radical (unpaired) electrons. The quantitative estimate of drug-likeness (QED) is 0.906. The topological polar surface area (TPSA) is 32.3 Å². The number of rotatable bonds is 4. The number of likely N-dealkylation sites (tertiary alicyclic amines) is 1. The molecule has 4 heteroatoms. The number of piperidine rings is 1. The van der Waals surface area contributed by atoms with Crippen molar-refractivity contribution in [2.24, 2.45) is 0 Å². The molecule has 1 atom stereocenters. The molecule has 1 saturated heterocycles. The fraction of sp³-hybridized carbons (Fsp3) is 0.533. The SMILES string of the molecule is CN1CCCCC1CCC(=O)Nc1ccc(F)cc1. The van der Waals surface area contributed by atoms with Crippen molar-refractivity contribution >= 4 is 11.6 Å². The number of nitrogens with zero attached hydrogens (tertiary/aromatic N) is 1. The van der Waals surface area contributed by atoms with Crippen molar-refractivity contribution in [1.82, 2.24) is 4.90 Å². The van der Waals surface area contributed by atoms with Crippen LogP contribution >= 0.6 is 0 Å². The monoisotopic (exact) mass is 264 g/mol. The number of halogens is 1. The number of benzene rings is 1. The highest BCUT2D eigenvalue weighted by Gasteiger charge is 2.19. The molecule has 0 bridgehead atoms. The van der Waals surface area contributed by atoms with Crippen LogP contribution in [0.3, 0.4) is 0 Å². The Morgan fingerprint density at radius 2 is 2.11 bits per heavy atom. The first-order valence-corrected chi connectivity index (χ1v) is 6.91. The van der Waals surface area contributed by atoms with Gasteiger partial charge < -0.3 is 10.2 Å². The number of anilines is 1. The summed E-state index contributed by atoms with van der Waals surface area (Å²) in [7, 11) is 2.13. The third-order valence-corrected chi connectivity index (χ3v) is 3.75. The Morgan fingerprint density at radius 1 is 1.37 bits per heavy atom. The second-order valence-corrected chi connectivity index (χ2v) is 5.22. The van der Waals surface area contributed by atoms with Gasteiger partial charge in [-0.05, 0) is 57.1 Å². The number of carbonyl (C=O) groups is 1. The first kappa shape index (κ1) is 14.0. The van der Waals surface area contributed by atoms with Gasteiger partial charge in [-0.3, -0.25) is 4.79 Å². The maximum absolute atomic E-state index is 12.7. The molecular formula is C15H21FN2O. The Labute approximate surface area is 113 Å². The first-order chi connectivity index (χ1) is 9.15. The van der Waals surface area contributed by atoms with E-state index in [4.69, 9.17) is 0 Å². The van der Waals surface area contributed by atoms with Gasteiger partial charge >= 0.3 is 0 Å². The molecule has 1 fully saturated rings. The van der Waals surface area contributed by atoms with E-state index in [9.17, 15) is 9.18 Å². The van der Waals surface area contributed by atoms with Crippen LogP contribution in [0.25, 0.3) is 0 Å². The van der Waals surface area contributed by atoms with E-state index >= 15 is 0 Å². The van der Waals surface area contributed by atoms with E-state index in [1.807, 2.05) is 0 Å². The highest BCUT2D eigenvalue weighted by atomic mass is 19.1. The maximum Gasteiger partial charge on any atom is 0.224 e. The summed E-state index contributed by atoms with van der Waals surface area (Å²) in [6, 6.07) is 6.39. The van der Waals surface area contributed by atoms with Gasteiger partial charge in [-0.2, -0.15) is 0 Å². The van der Waals surface area contributed by atoms with Gasteiger partial charge in [0.1, 0.15) is 5.82 Å². The van der Waals surface area contributed by atoms with Gasteiger partial charge in [0.25, 0.3) is 0 Å². The van der Waals surface area contributed by atoms with E-state index in [2.05, 4.69) is 17.3 Å². The lowest BCUT2D eigenvalue weighted by Crippen LogP contribution is -2.36. The Hall–Kier alpha value is -1.42. The van der Waals surface area contributed by atoms with Crippen LogP contribution in [0.2, 0.25) is 0 Å². The summed E-state index contributed by atoms with van der Waals surface area (Å²) in [5.74, 6) is -0.285. The largest absolute Gasteiger partial charge is 0.326 e. The molecule has 19 heavy (non-hydrogen) atoms. The molecule has 2 rings (SSSR count). The number of amides is 1. The van der Waals surface area contributed by atoms with Crippen LogP contribution in [0.15, 0.2) is 24.3 Å². The van der Waals surface area contributed by atoms with Crippen LogP contribution in [0.5, 0.6) is 0 Å². The molecule has 1 aromatic rings. The first-order valence-electron chi connectivity index (χ1n) is 6.91. The molecular weight excluding hydrogens is 243 g/mol. The lowest BCUT2D eigenvalue weighted by atomic mass is 9.98. The van der Waals surface area contributed by atoms with E-state index in [0.29, 0.717) is 18.2 Å². The van der Waals surface area contributed by atoms with E-state index in [1.54, 1.807) is 12.1 Å². The molecule has 3 nitrogen and oxygen atoms in total. The fourth-order valence-electron chi connectivity index (χ4n) is 2.56. The summed E-state index contributed by atoms with van der Waals surface area (Å²) < 4.78 is 12.7. The van der Waals surface area contributed by atoms with Crippen LogP contribution < -0.4 is 5.32 Å². The fourth-order valence-corrected chi connectivity index (χ4v) is 2.56. The molecule has 1 aliphatic heterocycles. The molecule has 0 aromatic heterocycles. The highest BCUT2D eigenvalue weighted by molar-refractivity contribution is 5.90. The lowest BCUT2D eigenvalue weighted by Gasteiger charge is -2.32. The third-order valence-electron chi connectivity index (χ3n) is 3.75. The zero-order valence-corrected chi connectivity index (χ0v) is 11.4. The smallest absolute Gasteiger partial charge is 0.224 e. The number of hydrogen-bond acceptors (Lipinski definition) is 2. The van der Waals surface area contributed by atoms with Crippen LogP contribution in [0, 0.1) is 5.82 Å². The average molecular weight is 264 g/mol. The van der Waals surface area contributed by atoms with E-state index in [-0.39, 0.29) is 11.7 Å². The van der Waals surface area contributed by atoms with Gasteiger partial charge in [-0.25, -0.2) is 4.39 Å². The zero-order valence-electron chi connectivity index (χ0n) is 11.4. The van der Waals surface area contributed by atoms with Gasteiger partial charge in [0, 0.05) is 18.2 Å². The Balaban J connectivity index is 1.76. The third kappa shape index (κ3) is 4.31. The molecule has 1 aromatic carbocycles. The van der Waals surface area contributed by atoms with Crippen LogP contribution in [0.1, 0.15) is 32.1 Å². The van der Waals surface area contributed by atoms with Crippen molar-refractivity contribution in [2.75, 3.05) is 18.9 Å². The van der Waals surface area contributed by atoms with E-state index < -0.39 is 0 Å². The van der Waals surface area contributed by atoms with E-state index in [0.717, 1.165) is 13.0 Å². The van der Waals surface area contributed by atoms with Gasteiger partial charge in [-0.1, -0.05) is 6.42 Å². The second-order valence-electron chi connectivity index (χ2n) is 5.22. The number of nitrogens with one attached hydrogen (secondary N) is 1. The average Bonchev–Trinajstić information content (AvgIpc) is 2.40. The number of carbonyl (C=O) groups excluding carboxylic acids is 1. The molecule has 1 aliphatic rings. The molecule has 0 saturated carbocycles. The van der Waals surface area contributed by atoms with Gasteiger partial charge in [0.2, 0.25) is 5.91 Å². The minimum absolute atomic E-state index is 0.00517. The Kier molecular flexibility index (Phi) is 4.91. The molecule has 1 unspecified atom stereocenters. The molecule has 1 heterocycles. The summed E-state index contributed by atoms with van der Waals surface area (Å²) in [6.45, 7) is 1.13. The van der Waals surface area contributed by atoms with Crippen molar-refractivity contribution in [3.8, 4) is 0 Å². The van der Waals surface area contributed by atoms with Crippen molar-refractivity contribution in [2.45, 2.75) is 38.1 Å². The van der Waals surface area contributed by atoms with Crippen molar-refractivity contribution in [3.63, 3.8) is 0 Å². The summed E-state index contributed by atoms with van der Waals surface area (Å²) in [4.78, 5) is 14.2. The van der Waals surface area contributed by atoms with Crippen LogP contribution in [-0.4, -0.2) is 30.4 Å².